The van der Waals surface area contributed by atoms with Crippen molar-refractivity contribution in [1.82, 2.24) is 5.01 Å². The van der Waals surface area contributed by atoms with Crippen molar-refractivity contribution in [3.8, 4) is 0 Å². The first-order valence-electron chi connectivity index (χ1n) is 12.6. The molecule has 2 atom stereocenters. The van der Waals surface area contributed by atoms with Gasteiger partial charge in [-0.2, -0.15) is 10.1 Å². The average molecular weight is 511 g/mol. The number of amidine groups is 1. The van der Waals surface area contributed by atoms with E-state index in [-0.39, 0.29) is 24.3 Å². The normalized spacial score (nSPS) is 19.1. The fraction of sp³-hybridized carbons (Fsp3) is 0.267. The quantitative estimate of drug-likeness (QED) is 0.439. The van der Waals surface area contributed by atoms with Crippen molar-refractivity contribution in [3.05, 3.63) is 101 Å². The van der Waals surface area contributed by atoms with E-state index in [1.165, 1.54) is 17.3 Å². The molecule has 1 N–H and O–H groups in total. The molecule has 6 nitrogen and oxygen atoms in total. The van der Waals surface area contributed by atoms with E-state index in [0.29, 0.717) is 11.6 Å². The van der Waals surface area contributed by atoms with Crippen LogP contribution in [0.5, 0.6) is 0 Å². The third-order valence-corrected chi connectivity index (χ3v) is 8.11. The van der Waals surface area contributed by atoms with Gasteiger partial charge in [-0.25, -0.2) is 5.01 Å². The highest BCUT2D eigenvalue weighted by molar-refractivity contribution is 8.15. The summed E-state index contributed by atoms with van der Waals surface area (Å²) in [5.74, 6) is -0.489. The topological polar surface area (TPSA) is 74.1 Å². The molecule has 0 aromatic heterocycles. The minimum absolute atomic E-state index is 0.0584. The second kappa shape index (κ2) is 10.7. The van der Waals surface area contributed by atoms with E-state index >= 15 is 0 Å². The number of thioether (sulfide) groups is 1. The Balaban J connectivity index is 1.35. The van der Waals surface area contributed by atoms with Crippen LogP contribution in [0.1, 0.15) is 53.6 Å². The average Bonchev–Trinajstić information content (AvgIpc) is 3.51. The monoisotopic (exact) mass is 510 g/mol. The summed E-state index contributed by atoms with van der Waals surface area (Å²) in [6.45, 7) is 6.12. The van der Waals surface area contributed by atoms with Gasteiger partial charge in [0, 0.05) is 18.5 Å². The van der Waals surface area contributed by atoms with E-state index in [9.17, 15) is 9.59 Å². The van der Waals surface area contributed by atoms with Gasteiger partial charge in [0.15, 0.2) is 5.17 Å². The first kappa shape index (κ1) is 25.0. The Bertz CT molecular complexity index is 1380. The van der Waals surface area contributed by atoms with Crippen LogP contribution >= 0.6 is 11.8 Å². The van der Waals surface area contributed by atoms with Gasteiger partial charge in [-0.15, -0.1) is 0 Å². The van der Waals surface area contributed by atoms with E-state index < -0.39 is 5.25 Å². The molecule has 37 heavy (non-hydrogen) atoms. The number of benzene rings is 3. The van der Waals surface area contributed by atoms with Crippen LogP contribution in [0.25, 0.3) is 0 Å². The lowest BCUT2D eigenvalue weighted by Gasteiger charge is -2.23. The maximum Gasteiger partial charge on any atom is 0.262 e. The SMILES string of the molecule is CCc1ccc(C2CC(c3ccccc3)=NN2C2=NC(=O)C(CC(=O)Nc3cccc(C)c3C)S2)cc1. The van der Waals surface area contributed by atoms with Crippen LogP contribution in [0.2, 0.25) is 0 Å². The molecule has 0 bridgehead atoms. The lowest BCUT2D eigenvalue weighted by atomic mass is 9.97. The smallest absolute Gasteiger partial charge is 0.262 e. The Morgan fingerprint density at radius 1 is 1.03 bits per heavy atom. The minimum Gasteiger partial charge on any atom is -0.326 e. The van der Waals surface area contributed by atoms with Crippen LogP contribution < -0.4 is 5.32 Å². The summed E-state index contributed by atoms with van der Waals surface area (Å²) in [7, 11) is 0. The zero-order valence-electron chi connectivity index (χ0n) is 21.3. The second-order valence-corrected chi connectivity index (χ2v) is 10.6. The maximum absolute atomic E-state index is 12.9. The molecule has 0 saturated carbocycles. The highest BCUT2D eigenvalue weighted by Gasteiger charge is 2.39. The second-order valence-electron chi connectivity index (χ2n) is 9.41. The number of hydrazone groups is 1. The number of rotatable bonds is 6. The number of aliphatic imine (C=N–C) groups is 1. The molecular weight excluding hydrogens is 480 g/mol. The van der Waals surface area contributed by atoms with Gasteiger partial charge in [-0.1, -0.05) is 85.4 Å². The van der Waals surface area contributed by atoms with Crippen molar-refractivity contribution in [2.24, 2.45) is 10.1 Å². The summed E-state index contributed by atoms with van der Waals surface area (Å²) in [6.07, 6.45) is 1.74. The Morgan fingerprint density at radius 3 is 2.51 bits per heavy atom. The number of hydrogen-bond acceptors (Lipinski definition) is 5. The van der Waals surface area contributed by atoms with Crippen molar-refractivity contribution < 1.29 is 9.59 Å². The number of hydrogen-bond donors (Lipinski definition) is 1. The van der Waals surface area contributed by atoms with Crippen LogP contribution in [-0.4, -0.2) is 33.0 Å². The molecule has 2 amide bonds. The largest absolute Gasteiger partial charge is 0.326 e. The minimum atomic E-state index is -0.570. The molecule has 0 saturated heterocycles. The number of carbonyl (C=O) groups is 2. The predicted octanol–water partition coefficient (Wildman–Crippen LogP) is 6.04. The van der Waals surface area contributed by atoms with Gasteiger partial charge in [0.2, 0.25) is 5.91 Å². The lowest BCUT2D eigenvalue weighted by molar-refractivity contribution is -0.121. The van der Waals surface area contributed by atoms with Crippen molar-refractivity contribution in [2.45, 2.75) is 51.3 Å². The highest BCUT2D eigenvalue weighted by Crippen LogP contribution is 2.38. The Kier molecular flexibility index (Phi) is 7.24. The van der Waals surface area contributed by atoms with E-state index in [1.54, 1.807) is 0 Å². The van der Waals surface area contributed by atoms with Crippen LogP contribution in [0.15, 0.2) is 82.9 Å². The Labute approximate surface area is 221 Å². The fourth-order valence-corrected chi connectivity index (χ4v) is 5.65. The third-order valence-electron chi connectivity index (χ3n) is 6.96. The molecule has 0 radical (unpaired) electrons. The Hall–Kier alpha value is -3.71. The van der Waals surface area contributed by atoms with Gasteiger partial charge in [-0.3, -0.25) is 9.59 Å². The first-order valence-corrected chi connectivity index (χ1v) is 13.5. The van der Waals surface area contributed by atoms with Gasteiger partial charge in [0.1, 0.15) is 5.25 Å². The van der Waals surface area contributed by atoms with Gasteiger partial charge in [0.05, 0.1) is 11.8 Å². The van der Waals surface area contributed by atoms with Crippen molar-refractivity contribution in [2.75, 3.05) is 5.32 Å². The number of nitrogens with zero attached hydrogens (tertiary/aromatic N) is 3. The van der Waals surface area contributed by atoms with Crippen LogP contribution in [0.3, 0.4) is 0 Å². The van der Waals surface area contributed by atoms with E-state index in [4.69, 9.17) is 5.10 Å². The summed E-state index contributed by atoms with van der Waals surface area (Å²) >= 11 is 1.32. The molecule has 2 aliphatic heterocycles. The molecule has 188 valence electrons. The molecule has 2 aliphatic rings. The van der Waals surface area contributed by atoms with E-state index in [2.05, 4.69) is 53.6 Å². The highest BCUT2D eigenvalue weighted by atomic mass is 32.2. The van der Waals surface area contributed by atoms with Crippen LogP contribution in [0.4, 0.5) is 5.69 Å². The molecule has 3 aromatic rings. The number of anilines is 1. The van der Waals surface area contributed by atoms with Gasteiger partial charge in [-0.05, 0) is 54.2 Å². The fourth-order valence-electron chi connectivity index (χ4n) is 4.59. The molecule has 0 fully saturated rings. The molecule has 3 aromatic carbocycles. The number of nitrogens with one attached hydrogen (secondary N) is 1. The van der Waals surface area contributed by atoms with E-state index in [1.807, 2.05) is 55.3 Å². The third kappa shape index (κ3) is 5.37. The van der Waals surface area contributed by atoms with Gasteiger partial charge >= 0.3 is 0 Å². The zero-order valence-corrected chi connectivity index (χ0v) is 22.1. The van der Waals surface area contributed by atoms with E-state index in [0.717, 1.165) is 40.1 Å². The molecule has 0 spiro atoms. The molecule has 2 heterocycles. The number of aryl methyl sites for hydroxylation is 2. The first-order chi connectivity index (χ1) is 17.9. The molecule has 7 heteroatoms. The van der Waals surface area contributed by atoms with Crippen molar-refractivity contribution >= 4 is 40.1 Å². The Morgan fingerprint density at radius 2 is 1.78 bits per heavy atom. The summed E-state index contributed by atoms with van der Waals surface area (Å²) in [6, 6.07) is 24.4. The molecule has 5 rings (SSSR count). The van der Waals surface area contributed by atoms with Crippen LogP contribution in [0, 0.1) is 13.8 Å². The molecule has 0 aliphatic carbocycles. The van der Waals surface area contributed by atoms with Crippen molar-refractivity contribution in [1.29, 1.82) is 0 Å². The summed E-state index contributed by atoms with van der Waals surface area (Å²) in [5.41, 5.74) is 7.31. The summed E-state index contributed by atoms with van der Waals surface area (Å²) < 4.78 is 0. The van der Waals surface area contributed by atoms with Crippen molar-refractivity contribution in [3.63, 3.8) is 0 Å². The zero-order chi connectivity index (χ0) is 25.9. The summed E-state index contributed by atoms with van der Waals surface area (Å²) in [4.78, 5) is 30.0. The number of amides is 2. The molecule has 2 unspecified atom stereocenters. The lowest BCUT2D eigenvalue weighted by Crippen LogP contribution is -2.25. The van der Waals surface area contributed by atoms with Gasteiger partial charge < -0.3 is 5.32 Å². The van der Waals surface area contributed by atoms with Crippen LogP contribution in [-0.2, 0) is 16.0 Å². The van der Waals surface area contributed by atoms with Gasteiger partial charge in [0.25, 0.3) is 5.91 Å². The molecular formula is C30H30N4O2S. The standard InChI is InChI=1S/C30H30N4O2S/c1-4-21-13-15-23(16-14-21)26-17-25(22-10-6-5-7-11-22)33-34(26)30-32-29(36)27(37-30)18-28(35)31-24-12-8-9-19(2)20(24)3/h5-16,26-27H,4,17-18H2,1-3H3,(H,31,35). The maximum atomic E-state index is 12.9. The number of carbonyl (C=O) groups excluding carboxylic acids is 2. The summed E-state index contributed by atoms with van der Waals surface area (Å²) in [5, 5.41) is 9.73. The predicted molar refractivity (Wildman–Crippen MR) is 151 cm³/mol.